The topological polar surface area (TPSA) is 73.1 Å². The number of hydrogen-bond donors (Lipinski definition) is 1. The first kappa shape index (κ1) is 17.9. The molecule has 0 spiro atoms. The molecule has 0 bridgehead atoms. The molecule has 22 heavy (non-hydrogen) atoms. The minimum Gasteiger partial charge on any atom is -0.350 e. The predicted molar refractivity (Wildman–Crippen MR) is 87.6 cm³/mol. The molecule has 1 amide bonds. The monoisotopic (exact) mass is 307 g/mol. The maximum Gasteiger partial charge on any atom is 0.330 e. The van der Waals surface area contributed by atoms with Crippen LogP contribution in [0.2, 0.25) is 0 Å². The Morgan fingerprint density at radius 1 is 1.23 bits per heavy atom. The molecule has 1 atom stereocenters. The van der Waals surface area contributed by atoms with E-state index in [0.717, 1.165) is 17.4 Å². The van der Waals surface area contributed by atoms with Gasteiger partial charge in [-0.3, -0.25) is 14.2 Å². The Morgan fingerprint density at radius 3 is 2.45 bits per heavy atom. The molecule has 0 aliphatic carbocycles. The molecule has 1 unspecified atom stereocenters. The van der Waals surface area contributed by atoms with Gasteiger partial charge in [0.15, 0.2) is 0 Å². The molecule has 0 fully saturated rings. The fourth-order valence-corrected chi connectivity index (χ4v) is 2.06. The highest BCUT2D eigenvalue weighted by Gasteiger charge is 2.07. The van der Waals surface area contributed by atoms with Crippen molar-refractivity contribution in [3.63, 3.8) is 0 Å². The van der Waals surface area contributed by atoms with Crippen molar-refractivity contribution >= 4 is 12.0 Å². The zero-order chi connectivity index (χ0) is 16.9. The Hall–Kier alpha value is -2.11. The molecule has 1 rings (SSSR count). The van der Waals surface area contributed by atoms with Crippen molar-refractivity contribution in [1.82, 2.24) is 14.5 Å². The Morgan fingerprint density at radius 2 is 1.86 bits per heavy atom. The molecule has 1 heterocycles. The van der Waals surface area contributed by atoms with E-state index in [1.807, 2.05) is 6.92 Å². The van der Waals surface area contributed by atoms with E-state index >= 15 is 0 Å². The van der Waals surface area contributed by atoms with E-state index in [0.29, 0.717) is 11.5 Å². The van der Waals surface area contributed by atoms with Crippen molar-refractivity contribution < 1.29 is 4.79 Å². The van der Waals surface area contributed by atoms with Crippen LogP contribution in [0.4, 0.5) is 0 Å². The lowest BCUT2D eigenvalue weighted by molar-refractivity contribution is -0.117. The summed E-state index contributed by atoms with van der Waals surface area (Å²) >= 11 is 0. The number of aryl methyl sites for hydroxylation is 1. The van der Waals surface area contributed by atoms with Crippen molar-refractivity contribution in [2.24, 2.45) is 20.0 Å². The van der Waals surface area contributed by atoms with E-state index in [4.69, 9.17) is 0 Å². The molecule has 122 valence electrons. The maximum atomic E-state index is 11.9. The predicted octanol–water partition coefficient (Wildman–Crippen LogP) is 1.04. The van der Waals surface area contributed by atoms with Crippen LogP contribution in [0.15, 0.2) is 21.9 Å². The Labute approximate surface area is 130 Å². The zero-order valence-electron chi connectivity index (χ0n) is 13.9. The number of carbonyl (C=O) groups excluding carboxylic acids is 1. The van der Waals surface area contributed by atoms with Crippen molar-refractivity contribution in [3.8, 4) is 0 Å². The molecule has 1 aromatic heterocycles. The molecule has 1 aromatic rings. The lowest BCUT2D eigenvalue weighted by Gasteiger charge is -2.13. The molecule has 0 aromatic carbocycles. The quantitative estimate of drug-likeness (QED) is 0.798. The summed E-state index contributed by atoms with van der Waals surface area (Å²) in [5, 5.41) is 2.86. The van der Waals surface area contributed by atoms with E-state index in [2.05, 4.69) is 19.2 Å². The molecule has 0 aliphatic heterocycles. The summed E-state index contributed by atoms with van der Waals surface area (Å²) < 4.78 is 2.33. The summed E-state index contributed by atoms with van der Waals surface area (Å²) in [5.74, 6) is 0.357. The van der Waals surface area contributed by atoms with Crippen molar-refractivity contribution in [3.05, 3.63) is 38.7 Å². The van der Waals surface area contributed by atoms with E-state index in [9.17, 15) is 14.4 Å². The first-order valence-electron chi connectivity index (χ1n) is 7.47. The number of nitrogens with one attached hydrogen (secondary N) is 1. The first-order valence-corrected chi connectivity index (χ1v) is 7.47. The Bertz CT molecular complexity index is 668. The molecule has 0 radical (unpaired) electrons. The van der Waals surface area contributed by atoms with Gasteiger partial charge in [-0.15, -0.1) is 0 Å². The van der Waals surface area contributed by atoms with E-state index < -0.39 is 11.2 Å². The number of amides is 1. The van der Waals surface area contributed by atoms with E-state index in [1.54, 1.807) is 7.05 Å². The van der Waals surface area contributed by atoms with Crippen molar-refractivity contribution in [2.45, 2.75) is 39.7 Å². The second-order valence-corrected chi connectivity index (χ2v) is 6.06. The van der Waals surface area contributed by atoms with Crippen molar-refractivity contribution in [2.75, 3.05) is 0 Å². The zero-order valence-corrected chi connectivity index (χ0v) is 13.9. The van der Waals surface area contributed by atoms with Crippen LogP contribution in [-0.2, 0) is 18.9 Å². The van der Waals surface area contributed by atoms with Crippen LogP contribution in [0.1, 0.15) is 39.2 Å². The minimum atomic E-state index is -0.417. The third kappa shape index (κ3) is 5.02. The van der Waals surface area contributed by atoms with Gasteiger partial charge in [-0.05, 0) is 31.8 Å². The van der Waals surface area contributed by atoms with Crippen molar-refractivity contribution in [1.29, 1.82) is 0 Å². The lowest BCUT2D eigenvalue weighted by Crippen LogP contribution is -2.37. The third-order valence-corrected chi connectivity index (χ3v) is 3.45. The van der Waals surface area contributed by atoms with Gasteiger partial charge in [0.25, 0.3) is 5.56 Å². The summed E-state index contributed by atoms with van der Waals surface area (Å²) in [6.45, 7) is 6.24. The third-order valence-electron chi connectivity index (χ3n) is 3.45. The molecular formula is C16H25N3O3. The van der Waals surface area contributed by atoms with E-state index in [-0.39, 0.29) is 11.9 Å². The van der Waals surface area contributed by atoms with Crippen LogP contribution >= 0.6 is 0 Å². The van der Waals surface area contributed by atoms with Crippen LogP contribution in [0.5, 0.6) is 0 Å². The van der Waals surface area contributed by atoms with Gasteiger partial charge in [0.05, 0.1) is 5.56 Å². The average Bonchev–Trinajstić information content (AvgIpc) is 2.45. The largest absolute Gasteiger partial charge is 0.350 e. The van der Waals surface area contributed by atoms with Gasteiger partial charge in [-0.2, -0.15) is 0 Å². The average molecular weight is 307 g/mol. The highest BCUT2D eigenvalue weighted by Crippen LogP contribution is 2.06. The number of nitrogens with zero attached hydrogens (tertiary/aromatic N) is 2. The summed E-state index contributed by atoms with van der Waals surface area (Å²) in [6.07, 6.45) is 6.15. The highest BCUT2D eigenvalue weighted by molar-refractivity contribution is 5.91. The molecule has 0 aliphatic rings. The molecule has 0 saturated carbocycles. The number of hydrogen-bond acceptors (Lipinski definition) is 3. The summed E-state index contributed by atoms with van der Waals surface area (Å²) in [6, 6.07) is 0.0857. The SMILES string of the molecule is CC(C)CCC(C)NC(=O)/C=C/c1cn(C)c(=O)n(C)c1=O. The first-order chi connectivity index (χ1) is 10.2. The van der Waals surface area contributed by atoms with Gasteiger partial charge >= 0.3 is 5.69 Å². The summed E-state index contributed by atoms with van der Waals surface area (Å²) in [4.78, 5) is 35.3. The van der Waals surface area contributed by atoms with E-state index in [1.165, 1.54) is 30.0 Å². The lowest BCUT2D eigenvalue weighted by atomic mass is 10.0. The summed E-state index contributed by atoms with van der Waals surface area (Å²) in [7, 11) is 2.98. The number of rotatable bonds is 6. The standard InChI is InChI=1S/C16H25N3O3/c1-11(2)6-7-12(3)17-14(20)9-8-13-10-18(4)16(22)19(5)15(13)21/h8-12H,6-7H2,1-5H3,(H,17,20)/b9-8+. The fourth-order valence-electron chi connectivity index (χ4n) is 2.06. The van der Waals surface area contributed by atoms with Crippen LogP contribution in [-0.4, -0.2) is 21.1 Å². The summed E-state index contributed by atoms with van der Waals surface area (Å²) in [5.41, 5.74) is -0.511. The van der Waals surface area contributed by atoms with Gasteiger partial charge in [-0.1, -0.05) is 13.8 Å². The van der Waals surface area contributed by atoms with Crippen LogP contribution in [0.25, 0.3) is 6.08 Å². The molecule has 1 N–H and O–H groups in total. The smallest absolute Gasteiger partial charge is 0.330 e. The van der Waals surface area contributed by atoms with Gasteiger partial charge < -0.3 is 9.88 Å². The Kier molecular flexibility index (Phi) is 6.34. The maximum absolute atomic E-state index is 11.9. The van der Waals surface area contributed by atoms with Crippen LogP contribution in [0.3, 0.4) is 0 Å². The minimum absolute atomic E-state index is 0.0857. The normalized spacial score (nSPS) is 12.8. The fraction of sp³-hybridized carbons (Fsp3) is 0.562. The van der Waals surface area contributed by atoms with Gasteiger partial charge in [0.2, 0.25) is 5.91 Å². The van der Waals surface area contributed by atoms with Crippen LogP contribution < -0.4 is 16.6 Å². The van der Waals surface area contributed by atoms with Gasteiger partial charge in [-0.25, -0.2) is 4.79 Å². The van der Waals surface area contributed by atoms with Gasteiger partial charge in [0, 0.05) is 32.4 Å². The second kappa shape index (κ2) is 7.77. The molecular weight excluding hydrogens is 282 g/mol. The highest BCUT2D eigenvalue weighted by atomic mass is 16.2. The number of aromatic nitrogens is 2. The van der Waals surface area contributed by atoms with Gasteiger partial charge in [0.1, 0.15) is 0 Å². The molecule has 6 heteroatoms. The second-order valence-electron chi connectivity index (χ2n) is 6.06. The number of carbonyl (C=O) groups is 1. The molecule has 0 saturated heterocycles. The Balaban J connectivity index is 2.75. The molecule has 6 nitrogen and oxygen atoms in total. The van der Waals surface area contributed by atoms with Crippen LogP contribution in [0, 0.1) is 5.92 Å².